The van der Waals surface area contributed by atoms with Crippen molar-refractivity contribution in [3.8, 4) is 0 Å². The molecule has 0 bridgehead atoms. The number of aryl methyl sites for hydroxylation is 1. The summed E-state index contributed by atoms with van der Waals surface area (Å²) in [5.41, 5.74) is 2.83. The van der Waals surface area contributed by atoms with E-state index < -0.39 is 11.7 Å². The van der Waals surface area contributed by atoms with Gasteiger partial charge in [-0.05, 0) is 70.6 Å². The van der Waals surface area contributed by atoms with Crippen LogP contribution in [-0.2, 0) is 11.2 Å². The quantitative estimate of drug-likeness (QED) is 0.697. The maximum absolute atomic E-state index is 12.7. The van der Waals surface area contributed by atoms with Gasteiger partial charge >= 0.3 is 6.09 Å². The minimum Gasteiger partial charge on any atom is -0.444 e. The minimum atomic E-state index is -0.588. The Hall–Kier alpha value is -2.86. The number of hydrogen-bond donors (Lipinski definition) is 2. The number of likely N-dealkylation sites (N-methyl/N-ethyl adjacent to an activating group) is 1. The maximum Gasteiger partial charge on any atom is 0.412 e. The molecule has 0 saturated heterocycles. The Morgan fingerprint density at radius 3 is 2.30 bits per heavy atom. The molecule has 0 saturated carbocycles. The molecule has 2 amide bonds. The van der Waals surface area contributed by atoms with Gasteiger partial charge in [-0.15, -0.1) is 0 Å². The van der Waals surface area contributed by atoms with E-state index >= 15 is 0 Å². The average Bonchev–Trinajstić information content (AvgIpc) is 2.67. The number of carbonyl (C=O) groups excluding carboxylic acids is 2. The Kier molecular flexibility index (Phi) is 8.00. The molecular weight excluding hydrogens is 378 g/mol. The summed E-state index contributed by atoms with van der Waals surface area (Å²) in [5, 5.41) is 5.67. The summed E-state index contributed by atoms with van der Waals surface area (Å²) >= 11 is 0. The molecule has 0 unspecified atom stereocenters. The maximum atomic E-state index is 12.7. The lowest BCUT2D eigenvalue weighted by molar-refractivity contribution is 0.0635. The van der Waals surface area contributed by atoms with Gasteiger partial charge in [0.05, 0.1) is 6.04 Å². The van der Waals surface area contributed by atoms with Crippen LogP contribution in [0.3, 0.4) is 0 Å². The highest BCUT2D eigenvalue weighted by atomic mass is 16.6. The van der Waals surface area contributed by atoms with Crippen molar-refractivity contribution in [1.29, 1.82) is 0 Å². The van der Waals surface area contributed by atoms with Crippen LogP contribution in [0.1, 0.15) is 55.2 Å². The Morgan fingerprint density at radius 1 is 1.07 bits per heavy atom. The molecule has 0 heterocycles. The lowest BCUT2D eigenvalue weighted by atomic mass is 10.0. The van der Waals surface area contributed by atoms with Gasteiger partial charge in [-0.25, -0.2) is 4.79 Å². The molecule has 0 spiro atoms. The first kappa shape index (κ1) is 23.4. The summed E-state index contributed by atoms with van der Waals surface area (Å²) in [4.78, 5) is 26.7. The van der Waals surface area contributed by atoms with E-state index in [1.807, 2.05) is 14.1 Å². The van der Waals surface area contributed by atoms with E-state index in [1.165, 1.54) is 5.56 Å². The molecule has 30 heavy (non-hydrogen) atoms. The molecule has 0 fully saturated rings. The molecule has 6 heteroatoms. The fraction of sp³-hybridized carbons (Fsp3) is 0.417. The molecule has 0 radical (unpaired) electrons. The van der Waals surface area contributed by atoms with Gasteiger partial charge < -0.3 is 15.0 Å². The molecule has 2 rings (SSSR count). The SMILES string of the molecule is CCc1ccc([C@H](CNC(=O)c2cccc(NC(=O)OC(C)(C)C)c2)N(C)C)cc1. The predicted octanol–water partition coefficient (Wildman–Crippen LogP) is 4.63. The second kappa shape index (κ2) is 10.3. The number of nitrogens with one attached hydrogen (secondary N) is 2. The van der Waals surface area contributed by atoms with Gasteiger partial charge in [0.2, 0.25) is 0 Å². The number of rotatable bonds is 7. The number of anilines is 1. The van der Waals surface area contributed by atoms with Gasteiger partial charge in [0.15, 0.2) is 0 Å². The third-order valence-corrected chi connectivity index (χ3v) is 4.62. The topological polar surface area (TPSA) is 70.7 Å². The summed E-state index contributed by atoms with van der Waals surface area (Å²) in [7, 11) is 3.99. The van der Waals surface area contributed by atoms with Crippen molar-refractivity contribution < 1.29 is 14.3 Å². The van der Waals surface area contributed by atoms with Crippen molar-refractivity contribution in [1.82, 2.24) is 10.2 Å². The second-order valence-electron chi connectivity index (χ2n) is 8.49. The van der Waals surface area contributed by atoms with Crippen LogP contribution in [0.15, 0.2) is 48.5 Å². The molecule has 162 valence electrons. The monoisotopic (exact) mass is 411 g/mol. The summed E-state index contributed by atoms with van der Waals surface area (Å²) in [6.07, 6.45) is 0.445. The first-order valence-electron chi connectivity index (χ1n) is 10.2. The number of nitrogens with zero attached hydrogens (tertiary/aromatic N) is 1. The molecule has 6 nitrogen and oxygen atoms in total. The Balaban J connectivity index is 2.03. The molecule has 2 aromatic carbocycles. The van der Waals surface area contributed by atoms with Crippen LogP contribution in [0, 0.1) is 0 Å². The molecule has 0 aliphatic carbocycles. The summed E-state index contributed by atoms with van der Waals surface area (Å²) in [5.74, 6) is -0.195. The van der Waals surface area contributed by atoms with E-state index in [9.17, 15) is 9.59 Å². The number of ether oxygens (including phenoxy) is 1. The van der Waals surface area contributed by atoms with Crippen molar-refractivity contribution in [2.75, 3.05) is 26.0 Å². The molecule has 2 aromatic rings. The Labute approximate surface area is 179 Å². The van der Waals surface area contributed by atoms with Crippen LogP contribution in [0.4, 0.5) is 10.5 Å². The number of hydrogen-bond acceptors (Lipinski definition) is 4. The van der Waals surface area contributed by atoms with E-state index in [-0.39, 0.29) is 11.9 Å². The second-order valence-corrected chi connectivity index (χ2v) is 8.49. The Bertz CT molecular complexity index is 855. The van der Waals surface area contributed by atoms with Crippen molar-refractivity contribution in [3.05, 3.63) is 65.2 Å². The van der Waals surface area contributed by atoms with Crippen molar-refractivity contribution in [2.24, 2.45) is 0 Å². The van der Waals surface area contributed by atoms with Gasteiger partial charge in [0.25, 0.3) is 5.91 Å². The van der Waals surface area contributed by atoms with Crippen LogP contribution in [0.5, 0.6) is 0 Å². The van der Waals surface area contributed by atoms with E-state index in [0.29, 0.717) is 17.8 Å². The van der Waals surface area contributed by atoms with E-state index in [4.69, 9.17) is 4.74 Å². The van der Waals surface area contributed by atoms with Crippen LogP contribution >= 0.6 is 0 Å². The van der Waals surface area contributed by atoms with E-state index in [2.05, 4.69) is 46.7 Å². The lowest BCUT2D eigenvalue weighted by Crippen LogP contribution is -2.34. The number of carbonyl (C=O) groups is 2. The first-order chi connectivity index (χ1) is 14.1. The number of amides is 2. The zero-order valence-electron chi connectivity index (χ0n) is 18.8. The molecule has 0 aromatic heterocycles. The highest BCUT2D eigenvalue weighted by molar-refractivity contribution is 5.96. The summed E-state index contributed by atoms with van der Waals surface area (Å²) in [6, 6.07) is 15.3. The van der Waals surface area contributed by atoms with Gasteiger partial charge in [0.1, 0.15) is 5.60 Å². The van der Waals surface area contributed by atoms with Crippen LogP contribution in [-0.4, -0.2) is 43.1 Å². The fourth-order valence-corrected chi connectivity index (χ4v) is 3.03. The standard InChI is InChI=1S/C24H33N3O3/c1-7-17-11-13-18(14-12-17)21(27(5)6)16-25-22(28)19-9-8-10-20(15-19)26-23(29)30-24(2,3)4/h8-15,21H,7,16H2,1-6H3,(H,25,28)(H,26,29)/t21-/m0/s1. The predicted molar refractivity (Wildman–Crippen MR) is 121 cm³/mol. The normalized spacial score (nSPS) is 12.4. The van der Waals surface area contributed by atoms with Crippen LogP contribution < -0.4 is 10.6 Å². The lowest BCUT2D eigenvalue weighted by Gasteiger charge is -2.25. The first-order valence-corrected chi connectivity index (χ1v) is 10.2. The highest BCUT2D eigenvalue weighted by Crippen LogP contribution is 2.19. The third-order valence-electron chi connectivity index (χ3n) is 4.62. The molecule has 2 N–H and O–H groups in total. The molecule has 0 aliphatic heterocycles. The molecule has 1 atom stereocenters. The number of benzene rings is 2. The zero-order chi connectivity index (χ0) is 22.3. The summed E-state index contributed by atoms with van der Waals surface area (Å²) in [6.45, 7) is 8.00. The van der Waals surface area contributed by atoms with Crippen molar-refractivity contribution >= 4 is 17.7 Å². The van der Waals surface area contributed by atoms with Gasteiger partial charge in [-0.3, -0.25) is 10.1 Å². The fourth-order valence-electron chi connectivity index (χ4n) is 3.03. The molecular formula is C24H33N3O3. The smallest absolute Gasteiger partial charge is 0.412 e. The summed E-state index contributed by atoms with van der Waals surface area (Å²) < 4.78 is 5.26. The Morgan fingerprint density at radius 2 is 1.73 bits per heavy atom. The molecule has 0 aliphatic rings. The largest absolute Gasteiger partial charge is 0.444 e. The average molecular weight is 412 g/mol. The van der Waals surface area contributed by atoms with Crippen LogP contribution in [0.2, 0.25) is 0 Å². The van der Waals surface area contributed by atoms with E-state index in [0.717, 1.165) is 12.0 Å². The van der Waals surface area contributed by atoms with Crippen molar-refractivity contribution in [2.45, 2.75) is 45.8 Å². The van der Waals surface area contributed by atoms with Gasteiger partial charge in [-0.2, -0.15) is 0 Å². The minimum absolute atomic E-state index is 0.0583. The van der Waals surface area contributed by atoms with Gasteiger partial charge in [-0.1, -0.05) is 37.3 Å². The van der Waals surface area contributed by atoms with E-state index in [1.54, 1.807) is 45.0 Å². The van der Waals surface area contributed by atoms with Crippen molar-refractivity contribution in [3.63, 3.8) is 0 Å². The highest BCUT2D eigenvalue weighted by Gasteiger charge is 2.18. The third kappa shape index (κ3) is 7.19. The zero-order valence-corrected chi connectivity index (χ0v) is 18.8. The van der Waals surface area contributed by atoms with Gasteiger partial charge in [0, 0.05) is 17.8 Å². The van der Waals surface area contributed by atoms with Crippen LogP contribution in [0.25, 0.3) is 0 Å².